The molecular weight excluding hydrogens is 200 g/mol. The highest BCUT2D eigenvalue weighted by atomic mass is 32.2. The van der Waals surface area contributed by atoms with Crippen LogP contribution >= 0.6 is 11.8 Å². The minimum Gasteiger partial charge on any atom is -0.409 e. The fourth-order valence-electron chi connectivity index (χ4n) is 1.40. The molecule has 0 saturated heterocycles. The maximum atomic E-state index is 8.47. The number of hydrogen-bond acceptors (Lipinski definition) is 4. The molecule has 0 amide bonds. The summed E-state index contributed by atoms with van der Waals surface area (Å²) in [6.07, 6.45) is 3.12. The molecule has 3 N–H and O–H groups in total. The molecule has 0 atom stereocenters. The van der Waals surface area contributed by atoms with Crippen LogP contribution in [0.3, 0.4) is 0 Å². The van der Waals surface area contributed by atoms with Crippen molar-refractivity contribution in [3.8, 4) is 0 Å². The molecule has 1 aliphatic rings. The van der Waals surface area contributed by atoms with Crippen LogP contribution in [0.4, 0.5) is 0 Å². The molecule has 4 nitrogen and oxygen atoms in total. The molecule has 14 heavy (non-hydrogen) atoms. The summed E-state index contributed by atoms with van der Waals surface area (Å²) in [5.41, 5.74) is 5.81. The van der Waals surface area contributed by atoms with E-state index < -0.39 is 0 Å². The molecule has 0 bridgehead atoms. The highest BCUT2D eigenvalue weighted by molar-refractivity contribution is 7.99. The van der Waals surface area contributed by atoms with Gasteiger partial charge in [-0.1, -0.05) is 5.16 Å². The van der Waals surface area contributed by atoms with Crippen LogP contribution < -0.4 is 5.73 Å². The standard InChI is InChI=1S/C9H18N2O2S/c1-13-4-5-14-7-9(2-3-9)6-8(10)11-12/h12H,2-7H2,1H3,(H2,10,11). The fraction of sp³-hybridized carbons (Fsp3) is 0.889. The average Bonchev–Trinajstić information content (AvgIpc) is 2.93. The Balaban J connectivity index is 2.16. The fourth-order valence-corrected chi connectivity index (χ4v) is 2.65. The van der Waals surface area contributed by atoms with Crippen molar-refractivity contribution < 1.29 is 9.94 Å². The van der Waals surface area contributed by atoms with Gasteiger partial charge in [-0.3, -0.25) is 0 Å². The Labute approximate surface area is 88.9 Å². The molecule has 0 aromatic heterocycles. The van der Waals surface area contributed by atoms with E-state index in [0.717, 1.165) is 24.5 Å². The normalized spacial score (nSPS) is 19.6. The lowest BCUT2D eigenvalue weighted by Gasteiger charge is -2.12. The van der Waals surface area contributed by atoms with Gasteiger partial charge in [-0.25, -0.2) is 0 Å². The van der Waals surface area contributed by atoms with E-state index in [9.17, 15) is 0 Å². The topological polar surface area (TPSA) is 67.8 Å². The van der Waals surface area contributed by atoms with Gasteiger partial charge in [-0.2, -0.15) is 11.8 Å². The first-order valence-corrected chi connectivity index (χ1v) is 5.91. The first kappa shape index (κ1) is 11.7. The van der Waals surface area contributed by atoms with Gasteiger partial charge >= 0.3 is 0 Å². The van der Waals surface area contributed by atoms with E-state index in [-0.39, 0.29) is 0 Å². The first-order chi connectivity index (χ1) is 6.72. The highest BCUT2D eigenvalue weighted by Gasteiger charge is 2.42. The van der Waals surface area contributed by atoms with Crippen molar-refractivity contribution in [2.24, 2.45) is 16.3 Å². The van der Waals surface area contributed by atoms with Crippen LogP contribution in [0.1, 0.15) is 19.3 Å². The van der Waals surface area contributed by atoms with Crippen LogP contribution in [-0.2, 0) is 4.74 Å². The Bertz CT molecular complexity index is 205. The van der Waals surface area contributed by atoms with Crippen LogP contribution in [0.5, 0.6) is 0 Å². The van der Waals surface area contributed by atoms with E-state index in [2.05, 4.69) is 5.16 Å². The third-order valence-electron chi connectivity index (χ3n) is 2.48. The van der Waals surface area contributed by atoms with Crippen LogP contribution in [0.25, 0.3) is 0 Å². The van der Waals surface area contributed by atoms with E-state index in [1.807, 2.05) is 11.8 Å². The van der Waals surface area contributed by atoms with E-state index in [0.29, 0.717) is 11.3 Å². The van der Waals surface area contributed by atoms with Crippen molar-refractivity contribution in [2.75, 3.05) is 25.2 Å². The maximum absolute atomic E-state index is 8.47. The zero-order valence-electron chi connectivity index (χ0n) is 8.53. The van der Waals surface area contributed by atoms with Crippen molar-refractivity contribution in [1.82, 2.24) is 0 Å². The lowest BCUT2D eigenvalue weighted by atomic mass is 10.1. The van der Waals surface area contributed by atoms with Gasteiger partial charge in [0.1, 0.15) is 5.84 Å². The molecule has 1 rings (SSSR count). The van der Waals surface area contributed by atoms with Crippen LogP contribution in [0.2, 0.25) is 0 Å². The largest absolute Gasteiger partial charge is 0.409 e. The number of amidine groups is 1. The number of hydrogen-bond donors (Lipinski definition) is 2. The third-order valence-corrected chi connectivity index (χ3v) is 3.75. The van der Waals surface area contributed by atoms with Crippen molar-refractivity contribution >= 4 is 17.6 Å². The SMILES string of the molecule is COCCSCC1(CC(N)=NO)CC1. The van der Waals surface area contributed by atoms with Gasteiger partial charge < -0.3 is 15.7 Å². The van der Waals surface area contributed by atoms with Gasteiger partial charge in [0.25, 0.3) is 0 Å². The molecule has 1 saturated carbocycles. The van der Waals surface area contributed by atoms with E-state index in [1.54, 1.807) is 7.11 Å². The number of nitrogens with two attached hydrogens (primary N) is 1. The van der Waals surface area contributed by atoms with Crippen molar-refractivity contribution in [3.05, 3.63) is 0 Å². The Morgan fingerprint density at radius 3 is 2.86 bits per heavy atom. The minimum atomic E-state index is 0.314. The van der Waals surface area contributed by atoms with Crippen molar-refractivity contribution in [3.63, 3.8) is 0 Å². The number of methoxy groups -OCH3 is 1. The summed E-state index contributed by atoms with van der Waals surface area (Å²) >= 11 is 1.88. The van der Waals surface area contributed by atoms with Gasteiger partial charge in [0.05, 0.1) is 6.61 Å². The molecule has 1 fully saturated rings. The van der Waals surface area contributed by atoms with Gasteiger partial charge in [0.2, 0.25) is 0 Å². The molecule has 0 aliphatic heterocycles. The quantitative estimate of drug-likeness (QED) is 0.222. The number of rotatable bonds is 7. The minimum absolute atomic E-state index is 0.314. The molecule has 0 heterocycles. The number of ether oxygens (including phenoxy) is 1. The second-order valence-electron chi connectivity index (χ2n) is 3.81. The molecule has 0 aromatic carbocycles. The van der Waals surface area contributed by atoms with Gasteiger partial charge in [-0.15, -0.1) is 0 Å². The average molecular weight is 218 g/mol. The second kappa shape index (κ2) is 5.46. The molecule has 0 aromatic rings. The Morgan fingerprint density at radius 2 is 2.36 bits per heavy atom. The number of thioether (sulfide) groups is 1. The summed E-state index contributed by atoms with van der Waals surface area (Å²) in [7, 11) is 1.71. The van der Waals surface area contributed by atoms with E-state index >= 15 is 0 Å². The molecule has 0 unspecified atom stereocenters. The highest BCUT2D eigenvalue weighted by Crippen LogP contribution is 2.50. The molecule has 1 aliphatic carbocycles. The van der Waals surface area contributed by atoms with Gasteiger partial charge in [-0.05, 0) is 24.0 Å². The van der Waals surface area contributed by atoms with E-state index in [1.165, 1.54) is 12.8 Å². The zero-order chi connectivity index (χ0) is 10.4. The van der Waals surface area contributed by atoms with Gasteiger partial charge in [0, 0.05) is 19.3 Å². The van der Waals surface area contributed by atoms with Crippen LogP contribution in [0, 0.1) is 5.41 Å². The first-order valence-electron chi connectivity index (χ1n) is 4.75. The molecule has 0 spiro atoms. The lowest BCUT2D eigenvalue weighted by molar-refractivity contribution is 0.218. The van der Waals surface area contributed by atoms with Crippen molar-refractivity contribution in [2.45, 2.75) is 19.3 Å². The van der Waals surface area contributed by atoms with Crippen molar-refractivity contribution in [1.29, 1.82) is 0 Å². The Kier molecular flexibility index (Phi) is 4.54. The predicted molar refractivity (Wildman–Crippen MR) is 58.9 cm³/mol. The Hall–Kier alpha value is -0.420. The summed E-state index contributed by atoms with van der Waals surface area (Å²) in [6, 6.07) is 0. The summed E-state index contributed by atoms with van der Waals surface area (Å²) in [5, 5.41) is 11.5. The summed E-state index contributed by atoms with van der Waals surface area (Å²) in [6.45, 7) is 0.796. The summed E-state index contributed by atoms with van der Waals surface area (Å²) in [5.74, 6) is 2.47. The molecular formula is C9H18N2O2S. The summed E-state index contributed by atoms with van der Waals surface area (Å²) in [4.78, 5) is 0. The molecule has 82 valence electrons. The Morgan fingerprint density at radius 1 is 1.64 bits per heavy atom. The molecule has 0 radical (unpaired) electrons. The summed E-state index contributed by atoms with van der Waals surface area (Å²) < 4.78 is 4.97. The monoisotopic (exact) mass is 218 g/mol. The van der Waals surface area contributed by atoms with Crippen LogP contribution in [-0.4, -0.2) is 36.3 Å². The molecule has 5 heteroatoms. The second-order valence-corrected chi connectivity index (χ2v) is 4.92. The number of oxime groups is 1. The predicted octanol–water partition coefficient (Wildman–Crippen LogP) is 1.28. The van der Waals surface area contributed by atoms with Crippen LogP contribution in [0.15, 0.2) is 5.16 Å². The zero-order valence-corrected chi connectivity index (χ0v) is 9.35. The van der Waals surface area contributed by atoms with Gasteiger partial charge in [0.15, 0.2) is 0 Å². The number of nitrogens with zero attached hydrogens (tertiary/aromatic N) is 1. The maximum Gasteiger partial charge on any atom is 0.139 e. The third kappa shape index (κ3) is 3.75. The lowest BCUT2D eigenvalue weighted by Crippen LogP contribution is -2.19. The van der Waals surface area contributed by atoms with E-state index in [4.69, 9.17) is 15.7 Å². The smallest absolute Gasteiger partial charge is 0.139 e.